The normalized spacial score (nSPS) is 15.4. The number of carbonyl (C=O) groups is 2. The van der Waals surface area contributed by atoms with Gasteiger partial charge in [0.15, 0.2) is 0 Å². The standard InChI is InChI=1S/C16H11F4N3O4S/c17-13-7-10(5-6-21-13)8-22-9-14(24)23(15(22)25)11-1-3-12(4-2-11)28(26,27)16(18,19)20/h1-7H,8-9H2. The average molecular weight is 417 g/mol. The lowest BCUT2D eigenvalue weighted by Crippen LogP contribution is -2.32. The smallest absolute Gasteiger partial charge is 0.310 e. The minimum Gasteiger partial charge on any atom is -0.310 e. The van der Waals surface area contributed by atoms with Crippen molar-refractivity contribution in [3.8, 4) is 0 Å². The first-order chi connectivity index (χ1) is 13.0. The highest BCUT2D eigenvalue weighted by Crippen LogP contribution is 2.32. The lowest BCUT2D eigenvalue weighted by molar-refractivity contribution is -0.116. The van der Waals surface area contributed by atoms with Crippen LogP contribution in [0, 0.1) is 5.95 Å². The molecule has 0 unspecified atom stereocenters. The van der Waals surface area contributed by atoms with E-state index < -0.39 is 38.1 Å². The molecule has 0 saturated carbocycles. The van der Waals surface area contributed by atoms with Gasteiger partial charge in [0.2, 0.25) is 5.95 Å². The molecule has 2 heterocycles. The fraction of sp³-hybridized carbons (Fsp3) is 0.188. The molecule has 0 aliphatic carbocycles. The number of nitrogens with zero attached hydrogens (tertiary/aromatic N) is 3. The lowest BCUT2D eigenvalue weighted by atomic mass is 10.2. The molecule has 1 aromatic heterocycles. The van der Waals surface area contributed by atoms with Crippen LogP contribution < -0.4 is 4.90 Å². The van der Waals surface area contributed by atoms with Gasteiger partial charge in [0, 0.05) is 12.7 Å². The number of anilines is 1. The van der Waals surface area contributed by atoms with Crippen LogP contribution in [-0.2, 0) is 21.2 Å². The molecule has 1 aromatic carbocycles. The summed E-state index contributed by atoms with van der Waals surface area (Å²) in [5.74, 6) is -1.42. The van der Waals surface area contributed by atoms with Crippen molar-refractivity contribution in [1.82, 2.24) is 9.88 Å². The summed E-state index contributed by atoms with van der Waals surface area (Å²) in [5.41, 5.74) is -5.16. The molecule has 3 amide bonds. The van der Waals surface area contributed by atoms with Crippen LogP contribution in [0.5, 0.6) is 0 Å². The van der Waals surface area contributed by atoms with Gasteiger partial charge < -0.3 is 4.90 Å². The van der Waals surface area contributed by atoms with E-state index in [1.807, 2.05) is 0 Å². The molecule has 0 atom stereocenters. The Bertz CT molecular complexity index is 1040. The molecule has 3 rings (SSSR count). The second kappa shape index (κ2) is 6.86. The SMILES string of the molecule is O=C1CN(Cc2ccnc(F)c2)C(=O)N1c1ccc(S(=O)(=O)C(F)(F)F)cc1. The molecule has 0 spiro atoms. The molecule has 148 valence electrons. The summed E-state index contributed by atoms with van der Waals surface area (Å²) in [7, 11) is -5.54. The fourth-order valence-corrected chi connectivity index (χ4v) is 3.36. The first-order valence-corrected chi connectivity index (χ1v) is 9.13. The van der Waals surface area contributed by atoms with Gasteiger partial charge in [-0.25, -0.2) is 23.1 Å². The number of hydrogen-bond donors (Lipinski definition) is 0. The lowest BCUT2D eigenvalue weighted by Gasteiger charge is -2.17. The molecule has 12 heteroatoms. The van der Waals surface area contributed by atoms with E-state index in [0.717, 1.165) is 23.1 Å². The zero-order valence-electron chi connectivity index (χ0n) is 13.9. The van der Waals surface area contributed by atoms with E-state index in [4.69, 9.17) is 0 Å². The Kier molecular flexibility index (Phi) is 4.83. The summed E-state index contributed by atoms with van der Waals surface area (Å²) >= 11 is 0. The molecule has 1 saturated heterocycles. The number of halogens is 4. The fourth-order valence-electron chi connectivity index (χ4n) is 2.60. The molecule has 0 N–H and O–H groups in total. The summed E-state index contributed by atoms with van der Waals surface area (Å²) in [6.07, 6.45) is 1.20. The Morgan fingerprint density at radius 1 is 1.07 bits per heavy atom. The maximum atomic E-state index is 13.2. The first kappa shape index (κ1) is 19.7. The number of imide groups is 1. The molecular weight excluding hydrogens is 406 g/mol. The third kappa shape index (κ3) is 3.54. The quantitative estimate of drug-likeness (QED) is 0.433. The zero-order chi connectivity index (χ0) is 20.7. The van der Waals surface area contributed by atoms with E-state index in [2.05, 4.69) is 4.98 Å². The van der Waals surface area contributed by atoms with E-state index in [-0.39, 0.29) is 18.8 Å². The minimum absolute atomic E-state index is 0.0823. The van der Waals surface area contributed by atoms with Crippen molar-refractivity contribution in [2.75, 3.05) is 11.4 Å². The van der Waals surface area contributed by atoms with Crippen LogP contribution in [0.4, 0.5) is 28.0 Å². The number of sulfone groups is 1. The number of carbonyl (C=O) groups excluding carboxylic acids is 2. The largest absolute Gasteiger partial charge is 0.501 e. The Balaban J connectivity index is 1.82. The van der Waals surface area contributed by atoms with E-state index in [0.29, 0.717) is 22.6 Å². The van der Waals surface area contributed by atoms with Crippen LogP contribution >= 0.6 is 0 Å². The highest BCUT2D eigenvalue weighted by atomic mass is 32.2. The van der Waals surface area contributed by atoms with Crippen molar-refractivity contribution in [1.29, 1.82) is 0 Å². The molecule has 0 radical (unpaired) electrons. The highest BCUT2D eigenvalue weighted by molar-refractivity contribution is 7.92. The van der Waals surface area contributed by atoms with Crippen molar-refractivity contribution >= 4 is 27.5 Å². The molecule has 2 aromatic rings. The summed E-state index contributed by atoms with van der Waals surface area (Å²) in [5, 5.41) is 0. The summed E-state index contributed by atoms with van der Waals surface area (Å²) < 4.78 is 73.7. The van der Waals surface area contributed by atoms with Gasteiger partial charge in [-0.3, -0.25) is 4.79 Å². The van der Waals surface area contributed by atoms with Gasteiger partial charge in [-0.15, -0.1) is 0 Å². The van der Waals surface area contributed by atoms with Crippen molar-refractivity contribution in [3.63, 3.8) is 0 Å². The number of alkyl halides is 3. The number of rotatable bonds is 4. The second-order valence-electron chi connectivity index (χ2n) is 5.80. The summed E-state index contributed by atoms with van der Waals surface area (Å²) in [6.45, 7) is -0.410. The topological polar surface area (TPSA) is 87.7 Å². The van der Waals surface area contributed by atoms with Crippen molar-refractivity contribution in [2.24, 2.45) is 0 Å². The minimum atomic E-state index is -5.54. The number of urea groups is 1. The third-order valence-corrected chi connectivity index (χ3v) is 5.41. The van der Waals surface area contributed by atoms with Crippen molar-refractivity contribution in [3.05, 3.63) is 54.1 Å². The van der Waals surface area contributed by atoms with Crippen LogP contribution in [0.2, 0.25) is 0 Å². The Hall–Kier alpha value is -3.02. The summed E-state index contributed by atoms with van der Waals surface area (Å²) in [6, 6.07) is 4.98. The maximum absolute atomic E-state index is 13.2. The monoisotopic (exact) mass is 417 g/mol. The van der Waals surface area contributed by atoms with Crippen LogP contribution in [0.3, 0.4) is 0 Å². The van der Waals surface area contributed by atoms with Gasteiger partial charge in [0.25, 0.3) is 15.7 Å². The molecule has 1 fully saturated rings. The molecule has 0 bridgehead atoms. The number of aromatic nitrogens is 1. The summed E-state index contributed by atoms with van der Waals surface area (Å²) in [4.78, 5) is 28.8. The van der Waals surface area contributed by atoms with E-state index >= 15 is 0 Å². The van der Waals surface area contributed by atoms with Gasteiger partial charge in [-0.2, -0.15) is 17.6 Å². The number of amides is 3. The van der Waals surface area contributed by atoms with Crippen molar-refractivity contribution in [2.45, 2.75) is 16.9 Å². The average Bonchev–Trinajstić information content (AvgIpc) is 2.87. The zero-order valence-corrected chi connectivity index (χ0v) is 14.7. The third-order valence-electron chi connectivity index (χ3n) is 3.91. The maximum Gasteiger partial charge on any atom is 0.501 e. The number of benzene rings is 1. The second-order valence-corrected chi connectivity index (χ2v) is 7.74. The Morgan fingerprint density at radius 2 is 1.71 bits per heavy atom. The molecule has 28 heavy (non-hydrogen) atoms. The van der Waals surface area contributed by atoms with Gasteiger partial charge >= 0.3 is 11.5 Å². The highest BCUT2D eigenvalue weighted by Gasteiger charge is 2.47. The molecule has 1 aliphatic heterocycles. The first-order valence-electron chi connectivity index (χ1n) is 7.64. The molecular formula is C16H11F4N3O4S. The van der Waals surface area contributed by atoms with Crippen LogP contribution in [0.25, 0.3) is 0 Å². The van der Waals surface area contributed by atoms with Crippen molar-refractivity contribution < 1.29 is 35.6 Å². The van der Waals surface area contributed by atoms with Gasteiger partial charge in [0.1, 0.15) is 6.54 Å². The number of pyridine rings is 1. The van der Waals surface area contributed by atoms with Crippen LogP contribution in [0.1, 0.15) is 5.56 Å². The molecule has 1 aliphatic rings. The van der Waals surface area contributed by atoms with Crippen LogP contribution in [0.15, 0.2) is 47.5 Å². The van der Waals surface area contributed by atoms with Gasteiger partial charge in [0.05, 0.1) is 10.6 Å². The number of hydrogen-bond acceptors (Lipinski definition) is 5. The predicted octanol–water partition coefficient (Wildman–Crippen LogP) is 2.48. The Labute approximate surface area is 156 Å². The van der Waals surface area contributed by atoms with E-state index in [9.17, 15) is 35.6 Å². The Morgan fingerprint density at radius 3 is 2.29 bits per heavy atom. The van der Waals surface area contributed by atoms with Crippen LogP contribution in [-0.4, -0.2) is 42.3 Å². The predicted molar refractivity (Wildman–Crippen MR) is 87.2 cm³/mol. The van der Waals surface area contributed by atoms with Gasteiger partial charge in [-0.1, -0.05) is 0 Å². The van der Waals surface area contributed by atoms with E-state index in [1.54, 1.807) is 0 Å². The van der Waals surface area contributed by atoms with E-state index in [1.165, 1.54) is 12.3 Å². The molecule has 7 nitrogen and oxygen atoms in total. The van der Waals surface area contributed by atoms with Gasteiger partial charge in [-0.05, 0) is 42.0 Å².